The van der Waals surface area contributed by atoms with Gasteiger partial charge in [-0.15, -0.1) is 0 Å². The van der Waals surface area contributed by atoms with Crippen LogP contribution in [-0.4, -0.2) is 30.7 Å². The Morgan fingerprint density at radius 3 is 2.78 bits per heavy atom. The standard InChI is InChI=1S/C19H22BrNO2/c1-15-12-21(9-10-22-15)13-17-7-8-18(11-19(17)20)23-14-16-5-3-2-4-6-16/h2-8,11,15H,9-10,12-14H2,1H3. The normalized spacial score (nSPS) is 18.8. The van der Waals surface area contributed by atoms with Gasteiger partial charge in [-0.05, 0) is 30.2 Å². The van der Waals surface area contributed by atoms with E-state index in [1.54, 1.807) is 0 Å². The third-order valence-electron chi connectivity index (χ3n) is 3.99. The van der Waals surface area contributed by atoms with Crippen LogP contribution in [0.5, 0.6) is 5.75 Å². The van der Waals surface area contributed by atoms with Gasteiger partial charge in [0.2, 0.25) is 0 Å². The van der Waals surface area contributed by atoms with Gasteiger partial charge in [0.05, 0.1) is 12.7 Å². The van der Waals surface area contributed by atoms with Crippen molar-refractivity contribution in [3.63, 3.8) is 0 Å². The van der Waals surface area contributed by atoms with Crippen molar-refractivity contribution >= 4 is 15.9 Å². The molecule has 0 bridgehead atoms. The molecule has 3 nitrogen and oxygen atoms in total. The van der Waals surface area contributed by atoms with Crippen LogP contribution in [0.2, 0.25) is 0 Å². The fraction of sp³-hybridized carbons (Fsp3) is 0.368. The van der Waals surface area contributed by atoms with Crippen LogP contribution in [0.3, 0.4) is 0 Å². The van der Waals surface area contributed by atoms with Crippen molar-refractivity contribution < 1.29 is 9.47 Å². The van der Waals surface area contributed by atoms with Gasteiger partial charge in [-0.25, -0.2) is 0 Å². The molecule has 0 N–H and O–H groups in total. The van der Waals surface area contributed by atoms with Crippen molar-refractivity contribution in [3.8, 4) is 5.75 Å². The Bertz CT molecular complexity index is 633. The molecule has 1 fully saturated rings. The molecule has 1 heterocycles. The van der Waals surface area contributed by atoms with Crippen molar-refractivity contribution in [3.05, 3.63) is 64.1 Å². The molecule has 2 aromatic carbocycles. The van der Waals surface area contributed by atoms with Gasteiger partial charge in [0, 0.05) is 24.1 Å². The number of benzene rings is 2. The van der Waals surface area contributed by atoms with Crippen LogP contribution in [0.4, 0.5) is 0 Å². The van der Waals surface area contributed by atoms with E-state index in [2.05, 4.69) is 52.0 Å². The first kappa shape index (κ1) is 16.5. The quantitative estimate of drug-likeness (QED) is 0.779. The average Bonchev–Trinajstić information content (AvgIpc) is 2.56. The summed E-state index contributed by atoms with van der Waals surface area (Å²) in [6, 6.07) is 16.5. The van der Waals surface area contributed by atoms with Gasteiger partial charge in [-0.3, -0.25) is 4.90 Å². The first-order chi connectivity index (χ1) is 11.2. The van der Waals surface area contributed by atoms with Crippen LogP contribution in [0.25, 0.3) is 0 Å². The number of rotatable bonds is 5. The predicted octanol–water partition coefficient (Wildman–Crippen LogP) is 4.25. The Balaban J connectivity index is 1.59. The highest BCUT2D eigenvalue weighted by atomic mass is 79.9. The monoisotopic (exact) mass is 375 g/mol. The van der Waals surface area contributed by atoms with Crippen LogP contribution in [0.15, 0.2) is 53.0 Å². The summed E-state index contributed by atoms with van der Waals surface area (Å²) in [6.07, 6.45) is 0.316. The summed E-state index contributed by atoms with van der Waals surface area (Å²) in [5.74, 6) is 0.889. The number of nitrogens with zero attached hydrogens (tertiary/aromatic N) is 1. The van der Waals surface area contributed by atoms with E-state index in [-0.39, 0.29) is 0 Å². The van der Waals surface area contributed by atoms with Gasteiger partial charge in [0.25, 0.3) is 0 Å². The lowest BCUT2D eigenvalue weighted by Crippen LogP contribution is -2.40. The van der Waals surface area contributed by atoms with Crippen molar-refractivity contribution in [1.29, 1.82) is 0 Å². The fourth-order valence-corrected chi connectivity index (χ4v) is 3.25. The summed E-state index contributed by atoms with van der Waals surface area (Å²) in [6.45, 7) is 6.45. The zero-order valence-corrected chi connectivity index (χ0v) is 15.0. The summed E-state index contributed by atoms with van der Waals surface area (Å²) >= 11 is 3.68. The molecule has 1 aliphatic heterocycles. The molecule has 23 heavy (non-hydrogen) atoms. The van der Waals surface area contributed by atoms with E-state index in [0.29, 0.717) is 12.7 Å². The van der Waals surface area contributed by atoms with Crippen LogP contribution in [0, 0.1) is 0 Å². The Hall–Kier alpha value is -1.36. The number of morpholine rings is 1. The minimum absolute atomic E-state index is 0.316. The van der Waals surface area contributed by atoms with E-state index >= 15 is 0 Å². The lowest BCUT2D eigenvalue weighted by atomic mass is 10.2. The number of ether oxygens (including phenoxy) is 2. The molecule has 0 spiro atoms. The maximum Gasteiger partial charge on any atom is 0.120 e. The maximum absolute atomic E-state index is 5.87. The largest absolute Gasteiger partial charge is 0.489 e. The van der Waals surface area contributed by atoms with E-state index in [0.717, 1.165) is 36.5 Å². The van der Waals surface area contributed by atoms with Crippen LogP contribution in [0.1, 0.15) is 18.1 Å². The summed E-state index contributed by atoms with van der Waals surface area (Å²) in [5, 5.41) is 0. The molecule has 0 saturated carbocycles. The Kier molecular flexibility index (Phi) is 5.70. The van der Waals surface area contributed by atoms with Gasteiger partial charge in [0.1, 0.15) is 12.4 Å². The third kappa shape index (κ3) is 4.80. The minimum atomic E-state index is 0.316. The van der Waals surface area contributed by atoms with Crippen molar-refractivity contribution in [2.24, 2.45) is 0 Å². The molecule has 1 unspecified atom stereocenters. The Morgan fingerprint density at radius 1 is 1.22 bits per heavy atom. The van der Waals surface area contributed by atoms with E-state index < -0.39 is 0 Å². The van der Waals surface area contributed by atoms with Gasteiger partial charge >= 0.3 is 0 Å². The van der Waals surface area contributed by atoms with Gasteiger partial charge in [-0.2, -0.15) is 0 Å². The molecule has 2 aromatic rings. The molecule has 1 aliphatic rings. The first-order valence-electron chi connectivity index (χ1n) is 8.00. The summed E-state index contributed by atoms with van der Waals surface area (Å²) < 4.78 is 12.6. The smallest absolute Gasteiger partial charge is 0.120 e. The zero-order chi connectivity index (χ0) is 16.1. The van der Waals surface area contributed by atoms with Crippen LogP contribution < -0.4 is 4.74 Å². The number of halogens is 1. The molecule has 4 heteroatoms. The maximum atomic E-state index is 5.87. The second-order valence-electron chi connectivity index (χ2n) is 5.94. The Labute approximate surface area is 146 Å². The van der Waals surface area contributed by atoms with E-state index in [1.807, 2.05) is 24.3 Å². The Morgan fingerprint density at radius 2 is 2.04 bits per heavy atom. The van der Waals surface area contributed by atoms with Crippen LogP contribution >= 0.6 is 15.9 Å². The summed E-state index contributed by atoms with van der Waals surface area (Å²) in [4.78, 5) is 2.43. The second-order valence-corrected chi connectivity index (χ2v) is 6.80. The van der Waals surface area contributed by atoms with E-state index in [4.69, 9.17) is 9.47 Å². The molecular formula is C19H22BrNO2. The van der Waals surface area contributed by atoms with Crippen LogP contribution in [-0.2, 0) is 17.9 Å². The van der Waals surface area contributed by atoms with Gasteiger partial charge in [-0.1, -0.05) is 52.3 Å². The molecule has 0 aliphatic carbocycles. The SMILES string of the molecule is CC1CN(Cc2ccc(OCc3ccccc3)cc2Br)CCO1. The van der Waals surface area contributed by atoms with Crippen molar-refractivity contribution in [2.75, 3.05) is 19.7 Å². The van der Waals surface area contributed by atoms with E-state index in [9.17, 15) is 0 Å². The zero-order valence-electron chi connectivity index (χ0n) is 13.4. The lowest BCUT2D eigenvalue weighted by molar-refractivity contribution is -0.0212. The average molecular weight is 376 g/mol. The minimum Gasteiger partial charge on any atom is -0.489 e. The molecule has 0 amide bonds. The predicted molar refractivity (Wildman–Crippen MR) is 95.6 cm³/mol. The molecule has 3 rings (SSSR count). The third-order valence-corrected chi connectivity index (χ3v) is 4.73. The summed E-state index contributed by atoms with van der Waals surface area (Å²) in [5.41, 5.74) is 2.46. The number of hydrogen-bond donors (Lipinski definition) is 0. The highest BCUT2D eigenvalue weighted by molar-refractivity contribution is 9.10. The van der Waals surface area contributed by atoms with Crippen molar-refractivity contribution in [2.45, 2.75) is 26.2 Å². The molecule has 122 valence electrons. The van der Waals surface area contributed by atoms with Gasteiger partial charge < -0.3 is 9.47 Å². The summed E-state index contributed by atoms with van der Waals surface area (Å²) in [7, 11) is 0. The molecule has 0 aromatic heterocycles. The van der Waals surface area contributed by atoms with Gasteiger partial charge in [0.15, 0.2) is 0 Å². The topological polar surface area (TPSA) is 21.7 Å². The lowest BCUT2D eigenvalue weighted by Gasteiger charge is -2.31. The molecule has 1 atom stereocenters. The number of hydrogen-bond acceptors (Lipinski definition) is 3. The molecule has 0 radical (unpaired) electrons. The van der Waals surface area contributed by atoms with E-state index in [1.165, 1.54) is 11.1 Å². The molecular weight excluding hydrogens is 354 g/mol. The van der Waals surface area contributed by atoms with Crippen molar-refractivity contribution in [1.82, 2.24) is 4.90 Å². The highest BCUT2D eigenvalue weighted by Crippen LogP contribution is 2.25. The first-order valence-corrected chi connectivity index (χ1v) is 8.79. The molecule has 1 saturated heterocycles. The second kappa shape index (κ2) is 7.95. The highest BCUT2D eigenvalue weighted by Gasteiger charge is 2.17. The fourth-order valence-electron chi connectivity index (χ4n) is 2.76.